The van der Waals surface area contributed by atoms with Gasteiger partial charge in [-0.05, 0) is 18.2 Å². The summed E-state index contributed by atoms with van der Waals surface area (Å²) in [5.41, 5.74) is 0.327. The molecule has 15 heavy (non-hydrogen) atoms. The molecule has 0 aliphatic carbocycles. The Hall–Kier alpha value is -0.400. The number of hydrogen-bond donors (Lipinski definition) is 2. The molecule has 1 amide bonds. The number of anilines is 1. The van der Waals surface area contributed by atoms with Crippen LogP contribution in [0.25, 0.3) is 0 Å². The fourth-order valence-corrected chi connectivity index (χ4v) is 1.46. The first-order valence-electron chi connectivity index (χ1n) is 3.75. The van der Waals surface area contributed by atoms with Crippen LogP contribution in [-0.2, 0) is 14.9 Å². The smallest absolute Gasteiger partial charge is 1.00 e. The third-order valence-electron chi connectivity index (χ3n) is 1.45. The van der Waals surface area contributed by atoms with Crippen molar-refractivity contribution in [1.82, 2.24) is 0 Å². The Balaban J connectivity index is 0. The van der Waals surface area contributed by atoms with E-state index in [9.17, 15) is 13.2 Å². The van der Waals surface area contributed by atoms with Gasteiger partial charge in [0.1, 0.15) is 0 Å². The molecule has 2 N–H and O–H groups in total. The molecular weight excluding hydrogens is 229 g/mol. The molecule has 1 rings (SSSR count). The van der Waals surface area contributed by atoms with E-state index in [1.165, 1.54) is 31.2 Å². The zero-order valence-electron chi connectivity index (χ0n) is 9.39. The molecule has 0 unspecified atom stereocenters. The van der Waals surface area contributed by atoms with E-state index < -0.39 is 10.1 Å². The molecule has 0 saturated carbocycles. The molecule has 0 aliphatic heterocycles. The first-order valence-corrected chi connectivity index (χ1v) is 5.19. The van der Waals surface area contributed by atoms with Crippen LogP contribution >= 0.6 is 0 Å². The molecule has 0 heterocycles. The van der Waals surface area contributed by atoms with Crippen LogP contribution in [0.2, 0.25) is 0 Å². The second-order valence-corrected chi connectivity index (χ2v) is 4.11. The summed E-state index contributed by atoms with van der Waals surface area (Å²) in [6.07, 6.45) is 0. The van der Waals surface area contributed by atoms with Crippen LogP contribution in [0.3, 0.4) is 0 Å². The minimum Gasteiger partial charge on any atom is -1.00 e. The Labute approximate surface area is 111 Å². The van der Waals surface area contributed by atoms with Crippen LogP contribution in [0.4, 0.5) is 5.69 Å². The Bertz CT molecular complexity index is 463. The topological polar surface area (TPSA) is 83.5 Å². The van der Waals surface area contributed by atoms with Gasteiger partial charge >= 0.3 is 29.6 Å². The summed E-state index contributed by atoms with van der Waals surface area (Å²) in [4.78, 5) is 10.4. The van der Waals surface area contributed by atoms with E-state index in [0.29, 0.717) is 5.69 Å². The monoisotopic (exact) mass is 239 g/mol. The van der Waals surface area contributed by atoms with Gasteiger partial charge in [0.25, 0.3) is 10.1 Å². The first-order chi connectivity index (χ1) is 6.39. The molecule has 0 spiro atoms. The summed E-state index contributed by atoms with van der Waals surface area (Å²) in [6, 6.07) is 5.36. The summed E-state index contributed by atoms with van der Waals surface area (Å²) in [7, 11) is -4.21. The van der Waals surface area contributed by atoms with Gasteiger partial charge in [-0.3, -0.25) is 9.35 Å². The predicted molar refractivity (Wildman–Crippen MR) is 51.7 cm³/mol. The average Bonchev–Trinajstić information content (AvgIpc) is 2.01. The molecule has 0 bridgehead atoms. The van der Waals surface area contributed by atoms with Gasteiger partial charge in [-0.2, -0.15) is 8.42 Å². The molecule has 78 valence electrons. The van der Waals surface area contributed by atoms with Gasteiger partial charge in [0.2, 0.25) is 5.91 Å². The summed E-state index contributed by atoms with van der Waals surface area (Å²) in [5.74, 6) is -0.308. The molecule has 0 atom stereocenters. The van der Waals surface area contributed by atoms with E-state index >= 15 is 0 Å². The van der Waals surface area contributed by atoms with E-state index in [1.807, 2.05) is 0 Å². The number of carbonyl (C=O) groups is 1. The largest absolute Gasteiger partial charge is 1.00 e. The molecule has 0 saturated heterocycles. The molecule has 0 fully saturated rings. The standard InChI is InChI=1S/C8H9NO4S.Na.H/c1-6(10)9-7-3-2-4-8(5-7)14(11,12)13;;/h2-5H,1H3,(H,9,10)(H,11,12,13);;/q;+1;-1. The number of amides is 1. The third-order valence-corrected chi connectivity index (χ3v) is 2.30. The molecule has 0 aromatic heterocycles. The van der Waals surface area contributed by atoms with Gasteiger partial charge in [-0.1, -0.05) is 6.07 Å². The fraction of sp³-hybridized carbons (Fsp3) is 0.125. The second kappa shape index (κ2) is 5.62. The molecule has 0 radical (unpaired) electrons. The van der Waals surface area contributed by atoms with Crippen LogP contribution in [0.1, 0.15) is 8.35 Å². The molecule has 1 aromatic rings. The van der Waals surface area contributed by atoms with Crippen molar-refractivity contribution in [3.63, 3.8) is 0 Å². The van der Waals surface area contributed by atoms with Crippen LogP contribution < -0.4 is 34.9 Å². The zero-order valence-corrected chi connectivity index (χ0v) is 11.2. The first kappa shape index (κ1) is 14.6. The van der Waals surface area contributed by atoms with Gasteiger partial charge in [-0.25, -0.2) is 0 Å². The van der Waals surface area contributed by atoms with Crippen LogP contribution in [0.5, 0.6) is 0 Å². The Morgan fingerprint density at radius 2 is 2.07 bits per heavy atom. The van der Waals surface area contributed by atoms with Crippen molar-refractivity contribution in [1.29, 1.82) is 0 Å². The molecule has 5 nitrogen and oxygen atoms in total. The van der Waals surface area contributed by atoms with Crippen molar-refractivity contribution in [2.24, 2.45) is 0 Å². The Kier molecular flexibility index (Phi) is 5.47. The maximum atomic E-state index is 10.7. The van der Waals surface area contributed by atoms with Crippen molar-refractivity contribution in [3.05, 3.63) is 24.3 Å². The quantitative estimate of drug-likeness (QED) is 0.462. The van der Waals surface area contributed by atoms with Crippen LogP contribution in [0.15, 0.2) is 29.2 Å². The molecule has 0 aliphatic rings. The average molecular weight is 239 g/mol. The maximum Gasteiger partial charge on any atom is 1.00 e. The zero-order chi connectivity index (χ0) is 10.8. The molecule has 7 heteroatoms. The number of nitrogens with one attached hydrogen (secondary N) is 1. The minimum absolute atomic E-state index is 0. The Morgan fingerprint density at radius 3 is 2.53 bits per heavy atom. The molecular formula is C8H10NNaO4S. The van der Waals surface area contributed by atoms with E-state index in [0.717, 1.165) is 0 Å². The predicted octanol–water partition coefficient (Wildman–Crippen LogP) is -1.99. The van der Waals surface area contributed by atoms with Crippen molar-refractivity contribution >= 4 is 21.7 Å². The molecule has 1 aromatic carbocycles. The van der Waals surface area contributed by atoms with Crippen molar-refractivity contribution in [3.8, 4) is 0 Å². The second-order valence-electron chi connectivity index (χ2n) is 2.68. The number of carbonyl (C=O) groups excluding carboxylic acids is 1. The maximum absolute atomic E-state index is 10.7. The van der Waals surface area contributed by atoms with Crippen molar-refractivity contribution < 1.29 is 48.7 Å². The van der Waals surface area contributed by atoms with E-state index in [-0.39, 0.29) is 41.8 Å². The van der Waals surface area contributed by atoms with Gasteiger partial charge < -0.3 is 6.74 Å². The summed E-state index contributed by atoms with van der Waals surface area (Å²) in [5, 5.41) is 2.40. The minimum atomic E-state index is -4.21. The van der Waals surface area contributed by atoms with Crippen molar-refractivity contribution in [2.45, 2.75) is 11.8 Å². The summed E-state index contributed by atoms with van der Waals surface area (Å²) < 4.78 is 30.1. The van der Waals surface area contributed by atoms with Gasteiger partial charge in [0.15, 0.2) is 0 Å². The van der Waals surface area contributed by atoms with Gasteiger partial charge in [-0.15, -0.1) is 0 Å². The third kappa shape index (κ3) is 4.76. The van der Waals surface area contributed by atoms with E-state index in [1.54, 1.807) is 0 Å². The van der Waals surface area contributed by atoms with E-state index in [4.69, 9.17) is 4.55 Å². The van der Waals surface area contributed by atoms with Crippen molar-refractivity contribution in [2.75, 3.05) is 5.32 Å². The fourth-order valence-electron chi connectivity index (χ4n) is 0.938. The Morgan fingerprint density at radius 1 is 1.47 bits per heavy atom. The summed E-state index contributed by atoms with van der Waals surface area (Å²) >= 11 is 0. The number of rotatable bonds is 2. The van der Waals surface area contributed by atoms with Crippen LogP contribution in [0, 0.1) is 0 Å². The summed E-state index contributed by atoms with van der Waals surface area (Å²) in [6.45, 7) is 1.31. The van der Waals surface area contributed by atoms with Gasteiger partial charge in [0, 0.05) is 12.6 Å². The number of hydrogen-bond acceptors (Lipinski definition) is 3. The SMILES string of the molecule is CC(=O)Nc1cccc(S(=O)(=O)O)c1.[H-].[Na+]. The normalized spacial score (nSPS) is 10.3. The number of benzene rings is 1. The van der Waals surface area contributed by atoms with Crippen LogP contribution in [-0.4, -0.2) is 18.9 Å². The van der Waals surface area contributed by atoms with Gasteiger partial charge in [0.05, 0.1) is 4.90 Å². The van der Waals surface area contributed by atoms with E-state index in [2.05, 4.69) is 5.32 Å².